The highest BCUT2D eigenvalue weighted by Gasteiger charge is 2.15. The van der Waals surface area contributed by atoms with Crippen LogP contribution >= 0.6 is 15.9 Å². The molecule has 0 aliphatic rings. The van der Waals surface area contributed by atoms with Crippen molar-refractivity contribution in [1.29, 1.82) is 0 Å². The van der Waals surface area contributed by atoms with Crippen molar-refractivity contribution in [3.05, 3.63) is 64.5 Å². The van der Waals surface area contributed by atoms with Crippen LogP contribution in [0.2, 0.25) is 0 Å². The van der Waals surface area contributed by atoms with Crippen LogP contribution in [0.1, 0.15) is 0 Å². The Kier molecular flexibility index (Phi) is 4.08. The number of benzene rings is 2. The van der Waals surface area contributed by atoms with Gasteiger partial charge in [0.2, 0.25) is 0 Å². The molecule has 0 spiro atoms. The lowest BCUT2D eigenvalue weighted by atomic mass is 10.1. The number of aromatic nitrogens is 4. The molecule has 130 valence electrons. The minimum Gasteiger partial charge on any atom is -0.421 e. The van der Waals surface area contributed by atoms with Gasteiger partial charge >= 0.3 is 6.01 Å². The number of nitrogens with zero attached hydrogens (tertiary/aromatic N) is 3. The van der Waals surface area contributed by atoms with Crippen LogP contribution in [-0.2, 0) is 0 Å². The Hall–Kier alpha value is -2.94. The molecule has 0 saturated carbocycles. The van der Waals surface area contributed by atoms with E-state index < -0.39 is 17.5 Å². The zero-order valence-corrected chi connectivity index (χ0v) is 14.4. The average Bonchev–Trinajstić information content (AvgIpc) is 3.00. The van der Waals surface area contributed by atoms with Crippen LogP contribution in [0.3, 0.4) is 0 Å². The average molecular weight is 421 g/mol. The van der Waals surface area contributed by atoms with Crippen LogP contribution in [0.5, 0.6) is 11.8 Å². The van der Waals surface area contributed by atoms with Crippen LogP contribution in [0.4, 0.5) is 13.2 Å². The van der Waals surface area contributed by atoms with Gasteiger partial charge in [0.05, 0.1) is 11.1 Å². The predicted octanol–water partition coefficient (Wildman–Crippen LogP) is 4.99. The molecule has 4 aromatic rings. The van der Waals surface area contributed by atoms with Crippen LogP contribution in [0, 0.1) is 17.5 Å². The first kappa shape index (κ1) is 16.5. The Morgan fingerprint density at radius 3 is 2.62 bits per heavy atom. The van der Waals surface area contributed by atoms with Gasteiger partial charge in [-0.3, -0.25) is 5.10 Å². The van der Waals surface area contributed by atoms with Crippen molar-refractivity contribution < 1.29 is 17.9 Å². The highest BCUT2D eigenvalue weighted by Crippen LogP contribution is 2.30. The van der Waals surface area contributed by atoms with E-state index in [4.69, 9.17) is 4.74 Å². The number of H-pyrrole nitrogens is 1. The van der Waals surface area contributed by atoms with Gasteiger partial charge in [-0.15, -0.1) is 0 Å². The van der Waals surface area contributed by atoms with E-state index in [9.17, 15) is 13.2 Å². The molecule has 0 bridgehead atoms. The molecule has 0 atom stereocenters. The molecule has 2 aromatic carbocycles. The molecule has 0 fully saturated rings. The largest absolute Gasteiger partial charge is 0.421 e. The summed E-state index contributed by atoms with van der Waals surface area (Å²) in [6.45, 7) is 0. The number of rotatable bonds is 3. The van der Waals surface area contributed by atoms with Crippen molar-refractivity contribution in [2.24, 2.45) is 0 Å². The molecule has 26 heavy (non-hydrogen) atoms. The first-order valence-electron chi connectivity index (χ1n) is 7.31. The molecule has 0 amide bonds. The Bertz CT molecular complexity index is 1130. The highest BCUT2D eigenvalue weighted by molar-refractivity contribution is 9.10. The topological polar surface area (TPSA) is 63.7 Å². The molecule has 0 saturated heterocycles. The zero-order chi connectivity index (χ0) is 18.3. The molecular formula is C17H8BrF3N4O. The molecule has 0 aliphatic carbocycles. The van der Waals surface area contributed by atoms with Gasteiger partial charge in [0, 0.05) is 22.3 Å². The van der Waals surface area contributed by atoms with Crippen molar-refractivity contribution in [1.82, 2.24) is 20.2 Å². The SMILES string of the molecule is Fc1ccc(Oc2ncc3c(-c4ccc(Br)cc4F)[nH]nc3n2)c(F)c1. The highest BCUT2D eigenvalue weighted by atomic mass is 79.9. The fraction of sp³-hybridized carbons (Fsp3) is 0. The van der Waals surface area contributed by atoms with Crippen molar-refractivity contribution >= 4 is 27.0 Å². The lowest BCUT2D eigenvalue weighted by molar-refractivity contribution is 0.409. The smallest absolute Gasteiger partial charge is 0.324 e. The summed E-state index contributed by atoms with van der Waals surface area (Å²) in [5.74, 6) is -2.27. The van der Waals surface area contributed by atoms with Gasteiger partial charge in [-0.05, 0) is 30.3 Å². The van der Waals surface area contributed by atoms with Gasteiger partial charge in [0.1, 0.15) is 11.6 Å². The standard InChI is InChI=1S/C17H8BrF3N4O/c18-8-1-3-10(12(20)5-8)15-11-7-22-17(23-16(11)25-24-15)26-14-4-2-9(19)6-13(14)21/h1-7H,(H,22,23,24,25). The molecule has 9 heteroatoms. The first-order chi connectivity index (χ1) is 12.5. The van der Waals surface area contributed by atoms with Gasteiger partial charge in [-0.2, -0.15) is 10.1 Å². The molecule has 0 unspecified atom stereocenters. The summed E-state index contributed by atoms with van der Waals surface area (Å²) in [4.78, 5) is 8.05. The molecule has 0 aliphatic heterocycles. The van der Waals surface area contributed by atoms with Crippen molar-refractivity contribution in [3.63, 3.8) is 0 Å². The maximum Gasteiger partial charge on any atom is 0.324 e. The second-order valence-electron chi connectivity index (χ2n) is 5.29. The van der Waals surface area contributed by atoms with Crippen LogP contribution in [0.25, 0.3) is 22.3 Å². The predicted molar refractivity (Wildman–Crippen MR) is 91.2 cm³/mol. The van der Waals surface area contributed by atoms with E-state index >= 15 is 0 Å². The Morgan fingerprint density at radius 2 is 1.85 bits per heavy atom. The minimum absolute atomic E-state index is 0.169. The van der Waals surface area contributed by atoms with E-state index in [2.05, 4.69) is 36.1 Å². The first-order valence-corrected chi connectivity index (χ1v) is 8.10. The minimum atomic E-state index is -0.881. The van der Waals surface area contributed by atoms with Gasteiger partial charge < -0.3 is 4.74 Å². The van der Waals surface area contributed by atoms with Crippen molar-refractivity contribution in [2.45, 2.75) is 0 Å². The Balaban J connectivity index is 1.71. The van der Waals surface area contributed by atoms with Gasteiger partial charge in [-0.1, -0.05) is 15.9 Å². The second kappa shape index (κ2) is 6.41. The van der Waals surface area contributed by atoms with E-state index in [1.807, 2.05) is 0 Å². The summed E-state index contributed by atoms with van der Waals surface area (Å²) in [7, 11) is 0. The molecule has 1 N–H and O–H groups in total. The van der Waals surface area contributed by atoms with Crippen molar-refractivity contribution in [2.75, 3.05) is 0 Å². The van der Waals surface area contributed by atoms with E-state index in [-0.39, 0.29) is 17.4 Å². The van der Waals surface area contributed by atoms with Crippen LogP contribution in [-0.4, -0.2) is 20.2 Å². The van der Waals surface area contributed by atoms with Crippen LogP contribution < -0.4 is 4.74 Å². The third-order valence-corrected chi connectivity index (χ3v) is 4.08. The zero-order valence-electron chi connectivity index (χ0n) is 12.8. The lowest BCUT2D eigenvalue weighted by Crippen LogP contribution is -1.94. The Morgan fingerprint density at radius 1 is 1.00 bits per heavy atom. The third kappa shape index (κ3) is 3.01. The van der Waals surface area contributed by atoms with E-state index in [0.717, 1.165) is 12.1 Å². The molecule has 4 rings (SSSR count). The monoisotopic (exact) mass is 420 g/mol. The number of halogens is 4. The number of aromatic amines is 1. The molecular weight excluding hydrogens is 413 g/mol. The Labute approximate surface area is 153 Å². The molecule has 2 aromatic heterocycles. The summed E-state index contributed by atoms with van der Waals surface area (Å²) in [5, 5.41) is 7.19. The normalized spacial score (nSPS) is 11.1. The van der Waals surface area contributed by atoms with Gasteiger partial charge in [0.25, 0.3) is 0 Å². The maximum absolute atomic E-state index is 14.2. The number of fused-ring (bicyclic) bond motifs is 1. The fourth-order valence-corrected chi connectivity index (χ4v) is 2.72. The quantitative estimate of drug-likeness (QED) is 0.506. The van der Waals surface area contributed by atoms with E-state index in [0.29, 0.717) is 27.2 Å². The summed E-state index contributed by atoms with van der Waals surface area (Å²) in [5.41, 5.74) is 0.928. The number of ether oxygens (including phenoxy) is 1. The summed E-state index contributed by atoms with van der Waals surface area (Å²) in [6, 6.07) is 7.32. The third-order valence-electron chi connectivity index (χ3n) is 3.59. The maximum atomic E-state index is 14.2. The second-order valence-corrected chi connectivity index (χ2v) is 6.21. The number of hydrogen-bond donors (Lipinski definition) is 1. The summed E-state index contributed by atoms with van der Waals surface area (Å²) < 4.78 is 46.6. The van der Waals surface area contributed by atoms with Crippen molar-refractivity contribution in [3.8, 4) is 23.0 Å². The lowest BCUT2D eigenvalue weighted by Gasteiger charge is -2.05. The molecule has 2 heterocycles. The number of hydrogen-bond acceptors (Lipinski definition) is 4. The number of nitrogens with one attached hydrogen (secondary N) is 1. The fourth-order valence-electron chi connectivity index (χ4n) is 2.39. The summed E-state index contributed by atoms with van der Waals surface area (Å²) in [6.07, 6.45) is 1.39. The van der Waals surface area contributed by atoms with Gasteiger partial charge in [-0.25, -0.2) is 18.2 Å². The van der Waals surface area contributed by atoms with Gasteiger partial charge in [0.15, 0.2) is 17.2 Å². The van der Waals surface area contributed by atoms with E-state index in [1.54, 1.807) is 12.1 Å². The molecule has 5 nitrogen and oxygen atoms in total. The summed E-state index contributed by atoms with van der Waals surface area (Å²) >= 11 is 3.20. The molecule has 0 radical (unpaired) electrons. The van der Waals surface area contributed by atoms with E-state index in [1.165, 1.54) is 12.3 Å². The van der Waals surface area contributed by atoms with Crippen LogP contribution in [0.15, 0.2) is 47.1 Å².